The van der Waals surface area contributed by atoms with E-state index in [4.69, 9.17) is 9.47 Å². The van der Waals surface area contributed by atoms with E-state index in [0.29, 0.717) is 47.3 Å². The summed E-state index contributed by atoms with van der Waals surface area (Å²) in [5, 5.41) is 0. The Bertz CT molecular complexity index is 1610. The van der Waals surface area contributed by atoms with Crippen molar-refractivity contribution in [1.29, 1.82) is 0 Å². The summed E-state index contributed by atoms with van der Waals surface area (Å²) >= 11 is 1.41. The fourth-order valence-electron chi connectivity index (χ4n) is 4.27. The molecule has 37 heavy (non-hydrogen) atoms. The third kappa shape index (κ3) is 4.86. The van der Waals surface area contributed by atoms with Crippen LogP contribution in [0.15, 0.2) is 76.6 Å². The van der Waals surface area contributed by atoms with E-state index in [1.165, 1.54) is 39.9 Å². The first-order valence-corrected chi connectivity index (χ1v) is 14.4. The summed E-state index contributed by atoms with van der Waals surface area (Å²) in [6.45, 7) is 5.82. The molecule has 1 aromatic heterocycles. The van der Waals surface area contributed by atoms with E-state index in [9.17, 15) is 13.2 Å². The number of hydrogen-bond donors (Lipinski definition) is 0. The molecule has 0 aliphatic carbocycles. The number of para-hydroxylation sites is 1. The molecule has 2 heterocycles. The smallest absolute Gasteiger partial charge is 0.279 e. The highest BCUT2D eigenvalue weighted by Gasteiger charge is 2.24. The molecule has 0 saturated carbocycles. The molecule has 0 bridgehead atoms. The number of sulfonamides is 1. The molecular formula is C27H27N3O5S2. The number of hydrogen-bond acceptors (Lipinski definition) is 6. The number of amides is 1. The second-order valence-corrected chi connectivity index (χ2v) is 11.3. The van der Waals surface area contributed by atoms with Gasteiger partial charge in [-0.1, -0.05) is 36.5 Å². The molecule has 192 valence electrons. The Labute approximate surface area is 219 Å². The van der Waals surface area contributed by atoms with Crippen LogP contribution in [0.4, 0.5) is 5.69 Å². The van der Waals surface area contributed by atoms with Gasteiger partial charge in [0.15, 0.2) is 16.3 Å². The van der Waals surface area contributed by atoms with Crippen molar-refractivity contribution in [1.82, 2.24) is 4.57 Å². The number of carbonyl (C=O) groups is 1. The van der Waals surface area contributed by atoms with Gasteiger partial charge in [-0.05, 0) is 49.7 Å². The van der Waals surface area contributed by atoms with Crippen LogP contribution >= 0.6 is 11.3 Å². The minimum atomic E-state index is -3.78. The van der Waals surface area contributed by atoms with Gasteiger partial charge in [-0.2, -0.15) is 4.99 Å². The number of benzene rings is 3. The first-order valence-electron chi connectivity index (χ1n) is 12.1. The van der Waals surface area contributed by atoms with Crippen LogP contribution in [0.5, 0.6) is 11.5 Å². The van der Waals surface area contributed by atoms with Crippen LogP contribution in [0.2, 0.25) is 0 Å². The molecule has 8 nitrogen and oxygen atoms in total. The third-order valence-electron chi connectivity index (χ3n) is 6.01. The highest BCUT2D eigenvalue weighted by atomic mass is 32.2. The number of aromatic nitrogens is 1. The fourth-order valence-corrected chi connectivity index (χ4v) is 6.80. The summed E-state index contributed by atoms with van der Waals surface area (Å²) < 4.78 is 42.2. The summed E-state index contributed by atoms with van der Waals surface area (Å²) in [5.41, 5.74) is 1.83. The number of anilines is 1. The lowest BCUT2D eigenvalue weighted by molar-refractivity contribution is 0.0997. The maximum absolute atomic E-state index is 13.3. The van der Waals surface area contributed by atoms with Gasteiger partial charge >= 0.3 is 0 Å². The summed E-state index contributed by atoms with van der Waals surface area (Å²) in [5.74, 6) is 0.940. The first kappa shape index (κ1) is 25.0. The van der Waals surface area contributed by atoms with Crippen molar-refractivity contribution in [3.8, 4) is 11.5 Å². The van der Waals surface area contributed by atoms with E-state index in [-0.39, 0.29) is 11.4 Å². The second-order valence-electron chi connectivity index (χ2n) is 8.45. The van der Waals surface area contributed by atoms with Gasteiger partial charge in [0.2, 0.25) is 0 Å². The molecule has 1 aliphatic rings. The van der Waals surface area contributed by atoms with Crippen LogP contribution in [-0.4, -0.2) is 38.7 Å². The number of aryl methyl sites for hydroxylation is 1. The maximum atomic E-state index is 13.3. The molecule has 0 atom stereocenters. The zero-order chi connectivity index (χ0) is 26.0. The third-order valence-corrected chi connectivity index (χ3v) is 8.97. The quantitative estimate of drug-likeness (QED) is 0.337. The van der Waals surface area contributed by atoms with Gasteiger partial charge in [0, 0.05) is 30.8 Å². The Morgan fingerprint density at radius 3 is 2.32 bits per heavy atom. The monoisotopic (exact) mass is 537 g/mol. The average molecular weight is 538 g/mol. The highest BCUT2D eigenvalue weighted by Crippen LogP contribution is 2.35. The zero-order valence-corrected chi connectivity index (χ0v) is 22.2. The van der Waals surface area contributed by atoms with Gasteiger partial charge < -0.3 is 14.0 Å². The van der Waals surface area contributed by atoms with E-state index in [1.54, 1.807) is 31.2 Å². The van der Waals surface area contributed by atoms with Crippen LogP contribution < -0.4 is 18.6 Å². The van der Waals surface area contributed by atoms with Crippen LogP contribution in [0.1, 0.15) is 30.6 Å². The molecule has 1 aliphatic heterocycles. The second kappa shape index (κ2) is 10.4. The summed E-state index contributed by atoms with van der Waals surface area (Å²) in [7, 11) is -3.78. The zero-order valence-electron chi connectivity index (χ0n) is 20.6. The first-order chi connectivity index (χ1) is 17.9. The molecule has 3 aromatic carbocycles. The SMILES string of the molecule is CCCn1c(=NC(=O)c2ccc(S(=O)(=O)N(CC)c3ccccc3)cc2)sc2cc3c(cc21)OCCO3. The van der Waals surface area contributed by atoms with Gasteiger partial charge in [-0.3, -0.25) is 9.10 Å². The van der Waals surface area contributed by atoms with Crippen molar-refractivity contribution in [3.63, 3.8) is 0 Å². The Morgan fingerprint density at radius 2 is 1.68 bits per heavy atom. The predicted octanol–water partition coefficient (Wildman–Crippen LogP) is 4.84. The number of fused-ring (bicyclic) bond motifs is 2. The van der Waals surface area contributed by atoms with Crippen molar-refractivity contribution >= 4 is 43.2 Å². The van der Waals surface area contributed by atoms with Crippen molar-refractivity contribution < 1.29 is 22.7 Å². The van der Waals surface area contributed by atoms with Crippen LogP contribution in [0, 0.1) is 0 Å². The molecule has 4 aromatic rings. The van der Waals surface area contributed by atoms with Crippen LogP contribution in [0.3, 0.4) is 0 Å². The highest BCUT2D eigenvalue weighted by molar-refractivity contribution is 7.92. The topological polar surface area (TPSA) is 90.2 Å². The normalized spacial score (nSPS) is 13.6. The van der Waals surface area contributed by atoms with E-state index >= 15 is 0 Å². The van der Waals surface area contributed by atoms with Crippen molar-refractivity contribution in [2.75, 3.05) is 24.1 Å². The number of rotatable bonds is 7. The van der Waals surface area contributed by atoms with Gasteiger partial charge in [0.1, 0.15) is 13.2 Å². The molecule has 0 N–H and O–H groups in total. The van der Waals surface area contributed by atoms with Crippen molar-refractivity contribution in [2.24, 2.45) is 4.99 Å². The molecule has 0 fully saturated rings. The molecule has 5 rings (SSSR count). The number of ether oxygens (including phenoxy) is 2. The number of carbonyl (C=O) groups excluding carboxylic acids is 1. The summed E-state index contributed by atoms with van der Waals surface area (Å²) in [6.07, 6.45) is 0.865. The van der Waals surface area contributed by atoms with Crippen molar-refractivity contribution in [2.45, 2.75) is 31.7 Å². The lowest BCUT2D eigenvalue weighted by Gasteiger charge is -2.22. The summed E-state index contributed by atoms with van der Waals surface area (Å²) in [6, 6.07) is 18.7. The number of nitrogens with zero attached hydrogens (tertiary/aromatic N) is 3. The van der Waals surface area contributed by atoms with Gasteiger partial charge in [-0.15, -0.1) is 0 Å². The van der Waals surface area contributed by atoms with Gasteiger partial charge in [0.05, 0.1) is 20.8 Å². The fraction of sp³-hybridized carbons (Fsp3) is 0.259. The lowest BCUT2D eigenvalue weighted by Crippen LogP contribution is -2.30. The van der Waals surface area contributed by atoms with E-state index in [0.717, 1.165) is 16.6 Å². The average Bonchev–Trinajstić information content (AvgIpc) is 3.24. The molecule has 0 saturated heterocycles. The van der Waals surface area contributed by atoms with E-state index < -0.39 is 15.9 Å². The Kier molecular flexibility index (Phi) is 7.03. The molecule has 0 unspecified atom stereocenters. The predicted molar refractivity (Wildman–Crippen MR) is 144 cm³/mol. The molecular weight excluding hydrogens is 510 g/mol. The Hall–Kier alpha value is -3.63. The number of thiazole rings is 1. The van der Waals surface area contributed by atoms with Crippen LogP contribution in [0.25, 0.3) is 10.2 Å². The molecule has 1 amide bonds. The van der Waals surface area contributed by atoms with Gasteiger partial charge in [0.25, 0.3) is 15.9 Å². The van der Waals surface area contributed by atoms with Crippen molar-refractivity contribution in [3.05, 3.63) is 77.1 Å². The lowest BCUT2D eigenvalue weighted by atomic mass is 10.2. The summed E-state index contributed by atoms with van der Waals surface area (Å²) in [4.78, 5) is 18.2. The van der Waals surface area contributed by atoms with Gasteiger partial charge in [-0.25, -0.2) is 8.42 Å². The largest absolute Gasteiger partial charge is 0.486 e. The molecule has 10 heteroatoms. The molecule has 0 radical (unpaired) electrons. The van der Waals surface area contributed by atoms with E-state index in [2.05, 4.69) is 11.9 Å². The minimum absolute atomic E-state index is 0.114. The maximum Gasteiger partial charge on any atom is 0.279 e. The molecule has 0 spiro atoms. The Balaban J connectivity index is 1.47. The van der Waals surface area contributed by atoms with Crippen LogP contribution in [-0.2, 0) is 16.6 Å². The minimum Gasteiger partial charge on any atom is -0.486 e. The van der Waals surface area contributed by atoms with E-state index in [1.807, 2.05) is 22.8 Å². The standard InChI is InChI=1S/C27H27N3O5S2/c1-3-14-29-22-17-23-24(35-16-15-34-23)18-25(22)36-27(29)28-26(31)19-10-12-21(13-11-19)37(32,33)30(4-2)20-8-6-5-7-9-20/h5-13,17-18H,3-4,14-16H2,1-2H3. The Morgan fingerprint density at radius 1 is 1.00 bits per heavy atom.